The number of sulfone groups is 1. The Morgan fingerprint density at radius 2 is 2.24 bits per heavy atom. The first kappa shape index (κ1) is 18.1. The molecule has 136 valence electrons. The van der Waals surface area contributed by atoms with Crippen molar-refractivity contribution >= 4 is 37.3 Å². The first-order valence-corrected chi connectivity index (χ1v) is 10.9. The van der Waals surface area contributed by atoms with Gasteiger partial charge in [-0.1, -0.05) is 13.8 Å². The SMILES string of the molecule is CC(C)CN(C(=O)Cn1cnc2sccc2c1=O)[C@H]1CCS(=O)(=O)C1. The van der Waals surface area contributed by atoms with E-state index in [9.17, 15) is 18.0 Å². The Balaban J connectivity index is 1.84. The van der Waals surface area contributed by atoms with E-state index in [1.165, 1.54) is 22.2 Å². The Kier molecular flexibility index (Phi) is 4.97. The third-order valence-corrected chi connectivity index (χ3v) is 6.86. The van der Waals surface area contributed by atoms with E-state index in [-0.39, 0.29) is 41.5 Å². The molecule has 0 aromatic carbocycles. The highest BCUT2D eigenvalue weighted by Gasteiger charge is 2.34. The van der Waals surface area contributed by atoms with Gasteiger partial charge in [0.1, 0.15) is 11.4 Å². The molecule has 0 saturated carbocycles. The highest BCUT2D eigenvalue weighted by Crippen LogP contribution is 2.20. The molecule has 1 aliphatic heterocycles. The molecule has 0 radical (unpaired) electrons. The van der Waals surface area contributed by atoms with Gasteiger partial charge in [-0.2, -0.15) is 0 Å². The van der Waals surface area contributed by atoms with Crippen LogP contribution in [-0.2, 0) is 21.2 Å². The largest absolute Gasteiger partial charge is 0.337 e. The molecule has 1 aliphatic rings. The highest BCUT2D eigenvalue weighted by atomic mass is 32.2. The standard InChI is InChI=1S/C16H21N3O4S2/c1-11(2)7-19(12-4-6-25(22,23)9-12)14(20)8-18-10-17-15-13(16(18)21)3-5-24-15/h3,5,10-12H,4,6-9H2,1-2H3/t12-/m0/s1. The summed E-state index contributed by atoms with van der Waals surface area (Å²) in [6.07, 6.45) is 1.84. The smallest absolute Gasteiger partial charge is 0.262 e. The molecule has 1 saturated heterocycles. The van der Waals surface area contributed by atoms with Crippen molar-refractivity contribution in [2.75, 3.05) is 18.1 Å². The summed E-state index contributed by atoms with van der Waals surface area (Å²) in [7, 11) is -3.09. The lowest BCUT2D eigenvalue weighted by Crippen LogP contribution is -2.45. The van der Waals surface area contributed by atoms with E-state index < -0.39 is 9.84 Å². The topological polar surface area (TPSA) is 89.3 Å². The van der Waals surface area contributed by atoms with Crippen molar-refractivity contribution in [1.82, 2.24) is 14.5 Å². The fourth-order valence-electron chi connectivity index (χ4n) is 3.11. The van der Waals surface area contributed by atoms with Gasteiger partial charge in [0, 0.05) is 12.6 Å². The van der Waals surface area contributed by atoms with Crippen LogP contribution in [0.5, 0.6) is 0 Å². The molecule has 2 aromatic heterocycles. The molecule has 0 aliphatic carbocycles. The average molecular weight is 383 g/mol. The maximum Gasteiger partial charge on any atom is 0.262 e. The number of amides is 1. The summed E-state index contributed by atoms with van der Waals surface area (Å²) in [6.45, 7) is 4.31. The lowest BCUT2D eigenvalue weighted by atomic mass is 10.1. The van der Waals surface area contributed by atoms with Gasteiger partial charge in [0.2, 0.25) is 5.91 Å². The van der Waals surface area contributed by atoms with Crippen molar-refractivity contribution in [2.24, 2.45) is 5.92 Å². The summed E-state index contributed by atoms with van der Waals surface area (Å²) in [6, 6.07) is 1.39. The lowest BCUT2D eigenvalue weighted by Gasteiger charge is -2.30. The molecule has 3 heterocycles. The molecule has 2 aromatic rings. The molecular weight excluding hydrogens is 362 g/mol. The van der Waals surface area contributed by atoms with Gasteiger partial charge in [0.05, 0.1) is 23.2 Å². The molecule has 1 fully saturated rings. The van der Waals surface area contributed by atoms with Gasteiger partial charge in [0.25, 0.3) is 5.56 Å². The number of aromatic nitrogens is 2. The van der Waals surface area contributed by atoms with Crippen LogP contribution in [0.2, 0.25) is 0 Å². The van der Waals surface area contributed by atoms with Crippen LogP contribution in [0.15, 0.2) is 22.6 Å². The predicted molar refractivity (Wildman–Crippen MR) is 97.5 cm³/mol. The molecule has 9 heteroatoms. The van der Waals surface area contributed by atoms with Crippen LogP contribution >= 0.6 is 11.3 Å². The summed E-state index contributed by atoms with van der Waals surface area (Å²) in [5, 5.41) is 2.29. The molecule has 7 nitrogen and oxygen atoms in total. The first-order chi connectivity index (χ1) is 11.8. The van der Waals surface area contributed by atoms with Crippen LogP contribution < -0.4 is 5.56 Å². The summed E-state index contributed by atoms with van der Waals surface area (Å²) < 4.78 is 24.9. The third kappa shape index (κ3) is 3.92. The fraction of sp³-hybridized carbons (Fsp3) is 0.562. The lowest BCUT2D eigenvalue weighted by molar-refractivity contribution is -0.134. The Hall–Kier alpha value is -1.74. The zero-order valence-electron chi connectivity index (χ0n) is 14.2. The average Bonchev–Trinajstić information content (AvgIpc) is 3.14. The van der Waals surface area contributed by atoms with Crippen LogP contribution in [0.1, 0.15) is 20.3 Å². The van der Waals surface area contributed by atoms with E-state index in [1.54, 1.807) is 16.3 Å². The molecule has 0 N–H and O–H groups in total. The van der Waals surface area contributed by atoms with Crippen molar-refractivity contribution < 1.29 is 13.2 Å². The van der Waals surface area contributed by atoms with E-state index in [4.69, 9.17) is 0 Å². The molecule has 0 spiro atoms. The van der Waals surface area contributed by atoms with Crippen LogP contribution in [0.4, 0.5) is 0 Å². The van der Waals surface area contributed by atoms with Crippen molar-refractivity contribution in [2.45, 2.75) is 32.9 Å². The number of fused-ring (bicyclic) bond motifs is 1. The number of rotatable bonds is 5. The Labute approximate surface area is 150 Å². The van der Waals surface area contributed by atoms with E-state index in [0.717, 1.165) is 0 Å². The van der Waals surface area contributed by atoms with E-state index in [1.807, 2.05) is 13.8 Å². The van der Waals surface area contributed by atoms with E-state index in [2.05, 4.69) is 4.98 Å². The normalized spacial score (nSPS) is 19.6. The van der Waals surface area contributed by atoms with Crippen LogP contribution in [0, 0.1) is 5.92 Å². The monoisotopic (exact) mass is 383 g/mol. The number of carbonyl (C=O) groups is 1. The number of carbonyl (C=O) groups excluding carboxylic acids is 1. The Morgan fingerprint density at radius 1 is 1.48 bits per heavy atom. The highest BCUT2D eigenvalue weighted by molar-refractivity contribution is 7.91. The van der Waals surface area contributed by atoms with Crippen molar-refractivity contribution in [1.29, 1.82) is 0 Å². The molecule has 0 bridgehead atoms. The number of nitrogens with zero attached hydrogens (tertiary/aromatic N) is 3. The number of hydrogen-bond acceptors (Lipinski definition) is 6. The summed E-state index contributed by atoms with van der Waals surface area (Å²) in [5.74, 6) is 0.0834. The minimum Gasteiger partial charge on any atom is -0.337 e. The van der Waals surface area contributed by atoms with Gasteiger partial charge in [-0.05, 0) is 23.8 Å². The zero-order chi connectivity index (χ0) is 18.2. The zero-order valence-corrected chi connectivity index (χ0v) is 15.8. The summed E-state index contributed by atoms with van der Waals surface area (Å²) in [4.78, 5) is 31.8. The Morgan fingerprint density at radius 3 is 2.88 bits per heavy atom. The maximum atomic E-state index is 12.8. The van der Waals surface area contributed by atoms with Crippen molar-refractivity contribution in [3.8, 4) is 0 Å². The van der Waals surface area contributed by atoms with E-state index >= 15 is 0 Å². The van der Waals surface area contributed by atoms with Gasteiger partial charge >= 0.3 is 0 Å². The maximum absolute atomic E-state index is 12.8. The van der Waals surface area contributed by atoms with Crippen LogP contribution in [-0.4, -0.2) is 52.9 Å². The number of thiophene rings is 1. The van der Waals surface area contributed by atoms with Gasteiger partial charge in [-0.25, -0.2) is 13.4 Å². The summed E-state index contributed by atoms with van der Waals surface area (Å²) >= 11 is 1.38. The van der Waals surface area contributed by atoms with E-state index in [0.29, 0.717) is 23.2 Å². The minimum atomic E-state index is -3.09. The second kappa shape index (κ2) is 6.87. The van der Waals surface area contributed by atoms with Crippen LogP contribution in [0.3, 0.4) is 0 Å². The van der Waals surface area contributed by atoms with Gasteiger partial charge in [-0.15, -0.1) is 11.3 Å². The Bertz CT molecular complexity index is 946. The molecule has 3 rings (SSSR count). The molecule has 0 unspecified atom stereocenters. The van der Waals surface area contributed by atoms with Gasteiger partial charge in [-0.3, -0.25) is 14.2 Å². The summed E-state index contributed by atoms with van der Waals surface area (Å²) in [5.41, 5.74) is -0.247. The third-order valence-electron chi connectivity index (χ3n) is 4.29. The van der Waals surface area contributed by atoms with Crippen molar-refractivity contribution in [3.05, 3.63) is 28.1 Å². The fourth-order valence-corrected chi connectivity index (χ4v) is 5.57. The van der Waals surface area contributed by atoms with Gasteiger partial charge < -0.3 is 4.90 Å². The van der Waals surface area contributed by atoms with Crippen LogP contribution in [0.25, 0.3) is 10.2 Å². The first-order valence-electron chi connectivity index (χ1n) is 8.19. The van der Waals surface area contributed by atoms with Crippen molar-refractivity contribution in [3.63, 3.8) is 0 Å². The second-order valence-corrected chi connectivity index (χ2v) is 9.94. The molecule has 1 atom stereocenters. The molecule has 1 amide bonds. The predicted octanol–water partition coefficient (Wildman–Crippen LogP) is 1.13. The molecule has 25 heavy (non-hydrogen) atoms. The minimum absolute atomic E-state index is 0.00216. The second-order valence-electron chi connectivity index (χ2n) is 6.81. The quantitative estimate of drug-likeness (QED) is 0.772. The molecular formula is C16H21N3O4S2. The van der Waals surface area contributed by atoms with Gasteiger partial charge in [0.15, 0.2) is 9.84 Å². The number of hydrogen-bond donors (Lipinski definition) is 0.